The summed E-state index contributed by atoms with van der Waals surface area (Å²) in [5.74, 6) is 0.737. The Morgan fingerprint density at radius 1 is 1.41 bits per heavy atom. The van der Waals surface area contributed by atoms with Crippen LogP contribution in [0.15, 0.2) is 23.1 Å². The Kier molecular flexibility index (Phi) is 4.10. The van der Waals surface area contributed by atoms with Gasteiger partial charge in [-0.15, -0.1) is 11.8 Å². The summed E-state index contributed by atoms with van der Waals surface area (Å²) in [6, 6.07) is 4.90. The summed E-state index contributed by atoms with van der Waals surface area (Å²) in [7, 11) is 0. The van der Waals surface area contributed by atoms with Crippen molar-refractivity contribution in [1.82, 2.24) is 4.90 Å². The molecule has 3 atom stereocenters. The summed E-state index contributed by atoms with van der Waals surface area (Å²) < 4.78 is 0. The van der Waals surface area contributed by atoms with Gasteiger partial charge in [0.1, 0.15) is 0 Å². The molecule has 3 unspecified atom stereocenters. The molecule has 1 saturated carbocycles. The van der Waals surface area contributed by atoms with E-state index in [-0.39, 0.29) is 17.6 Å². The lowest BCUT2D eigenvalue weighted by Gasteiger charge is -2.19. The van der Waals surface area contributed by atoms with E-state index in [1.54, 1.807) is 23.3 Å². The number of likely N-dealkylation sites (tertiary alicyclic amines) is 1. The van der Waals surface area contributed by atoms with Gasteiger partial charge in [0.15, 0.2) is 0 Å². The minimum atomic E-state index is -0.433. The number of hydrogen-bond acceptors (Lipinski definition) is 5. The number of thioether (sulfide) groups is 1. The lowest BCUT2D eigenvalue weighted by atomic mass is 9.98. The summed E-state index contributed by atoms with van der Waals surface area (Å²) in [6.45, 7) is 1.39. The molecule has 118 valence electrons. The monoisotopic (exact) mass is 321 g/mol. The van der Waals surface area contributed by atoms with E-state index in [4.69, 9.17) is 5.73 Å². The van der Waals surface area contributed by atoms with Crippen molar-refractivity contribution in [3.05, 3.63) is 33.9 Å². The molecule has 6 nitrogen and oxygen atoms in total. The first kappa shape index (κ1) is 15.3. The SMILES string of the molecule is CSc1ccc(C(=O)N2CC3CCC(N)C3C2)cc1[N+](=O)[O-]. The normalized spacial score (nSPS) is 27.0. The molecule has 1 aromatic rings. The van der Waals surface area contributed by atoms with Gasteiger partial charge in [-0.1, -0.05) is 0 Å². The molecule has 1 aliphatic carbocycles. The van der Waals surface area contributed by atoms with Crippen LogP contribution in [-0.2, 0) is 0 Å². The molecule has 2 N–H and O–H groups in total. The molecule has 22 heavy (non-hydrogen) atoms. The third kappa shape index (κ3) is 2.59. The number of nitro groups is 1. The van der Waals surface area contributed by atoms with Gasteiger partial charge in [0.05, 0.1) is 9.82 Å². The molecule has 2 fully saturated rings. The van der Waals surface area contributed by atoms with Crippen LogP contribution in [0.3, 0.4) is 0 Å². The Labute approximate surface area is 133 Å². The van der Waals surface area contributed by atoms with Crippen molar-refractivity contribution in [2.24, 2.45) is 17.6 Å². The Morgan fingerprint density at radius 2 is 2.18 bits per heavy atom. The maximum Gasteiger partial charge on any atom is 0.283 e. The fraction of sp³-hybridized carbons (Fsp3) is 0.533. The van der Waals surface area contributed by atoms with E-state index < -0.39 is 4.92 Å². The van der Waals surface area contributed by atoms with Crippen molar-refractivity contribution in [3.63, 3.8) is 0 Å². The van der Waals surface area contributed by atoms with Gasteiger partial charge in [-0.05, 0) is 43.1 Å². The zero-order valence-electron chi connectivity index (χ0n) is 12.4. The number of carbonyl (C=O) groups excluding carboxylic acids is 1. The van der Waals surface area contributed by atoms with Crippen molar-refractivity contribution >= 4 is 23.4 Å². The second-order valence-electron chi connectivity index (χ2n) is 6.02. The van der Waals surface area contributed by atoms with Crippen LogP contribution < -0.4 is 5.73 Å². The Bertz CT molecular complexity index is 622. The average Bonchev–Trinajstić information content (AvgIpc) is 3.08. The Morgan fingerprint density at radius 3 is 2.82 bits per heavy atom. The van der Waals surface area contributed by atoms with E-state index in [2.05, 4.69) is 0 Å². The van der Waals surface area contributed by atoms with Crippen LogP contribution in [-0.4, -0.2) is 41.1 Å². The highest BCUT2D eigenvalue weighted by atomic mass is 32.2. The van der Waals surface area contributed by atoms with E-state index in [0.29, 0.717) is 28.8 Å². The van der Waals surface area contributed by atoms with E-state index in [9.17, 15) is 14.9 Å². The molecule has 1 heterocycles. The molecule has 1 aromatic carbocycles. The van der Waals surface area contributed by atoms with Crippen molar-refractivity contribution in [2.75, 3.05) is 19.3 Å². The molecule has 0 aromatic heterocycles. The van der Waals surface area contributed by atoms with Gasteiger partial charge in [0.2, 0.25) is 0 Å². The minimum absolute atomic E-state index is 0.00515. The fourth-order valence-electron chi connectivity index (χ4n) is 3.62. The first-order chi connectivity index (χ1) is 10.5. The molecule has 1 saturated heterocycles. The molecule has 0 bridgehead atoms. The molecular weight excluding hydrogens is 302 g/mol. The number of rotatable bonds is 3. The number of fused-ring (bicyclic) bond motifs is 1. The zero-order chi connectivity index (χ0) is 15.9. The van der Waals surface area contributed by atoms with Gasteiger partial charge >= 0.3 is 0 Å². The molecule has 0 spiro atoms. The molecule has 2 aliphatic rings. The molecule has 0 radical (unpaired) electrons. The van der Waals surface area contributed by atoms with Gasteiger partial charge in [0, 0.05) is 30.8 Å². The van der Waals surface area contributed by atoms with Crippen LogP contribution in [0.5, 0.6) is 0 Å². The zero-order valence-corrected chi connectivity index (χ0v) is 13.2. The quantitative estimate of drug-likeness (QED) is 0.523. The lowest BCUT2D eigenvalue weighted by molar-refractivity contribution is -0.387. The standard InChI is InChI=1S/C15H19N3O3S/c1-22-14-5-3-9(6-13(14)18(20)21)15(19)17-7-10-2-4-12(16)11(10)8-17/h3,5-6,10-12H,2,4,7-8,16H2,1H3. The van der Waals surface area contributed by atoms with E-state index in [1.807, 2.05) is 0 Å². The predicted molar refractivity (Wildman–Crippen MR) is 85.0 cm³/mol. The second-order valence-corrected chi connectivity index (χ2v) is 6.87. The van der Waals surface area contributed by atoms with Crippen molar-refractivity contribution in [1.29, 1.82) is 0 Å². The average molecular weight is 321 g/mol. The molecule has 1 amide bonds. The second kappa shape index (κ2) is 5.89. The molecule has 3 rings (SSSR count). The lowest BCUT2D eigenvalue weighted by Crippen LogP contribution is -2.33. The molecular formula is C15H19N3O3S. The number of benzene rings is 1. The largest absolute Gasteiger partial charge is 0.338 e. The summed E-state index contributed by atoms with van der Waals surface area (Å²) in [5, 5.41) is 11.1. The summed E-state index contributed by atoms with van der Waals surface area (Å²) in [5.41, 5.74) is 6.47. The minimum Gasteiger partial charge on any atom is -0.338 e. The van der Waals surface area contributed by atoms with E-state index in [1.165, 1.54) is 17.8 Å². The van der Waals surface area contributed by atoms with Gasteiger partial charge in [0.25, 0.3) is 11.6 Å². The highest BCUT2D eigenvalue weighted by Gasteiger charge is 2.42. The Balaban J connectivity index is 1.81. The van der Waals surface area contributed by atoms with Crippen molar-refractivity contribution < 1.29 is 9.72 Å². The fourth-order valence-corrected chi connectivity index (χ4v) is 4.17. The smallest absolute Gasteiger partial charge is 0.283 e. The Hall–Kier alpha value is -1.60. The van der Waals surface area contributed by atoms with Crippen LogP contribution in [0.1, 0.15) is 23.2 Å². The maximum atomic E-state index is 12.6. The van der Waals surface area contributed by atoms with E-state index in [0.717, 1.165) is 19.4 Å². The van der Waals surface area contributed by atoms with Gasteiger partial charge in [-0.3, -0.25) is 14.9 Å². The highest BCUT2D eigenvalue weighted by molar-refractivity contribution is 7.98. The van der Waals surface area contributed by atoms with Gasteiger partial charge in [-0.25, -0.2) is 0 Å². The van der Waals surface area contributed by atoms with Crippen LogP contribution in [0.2, 0.25) is 0 Å². The number of amides is 1. The summed E-state index contributed by atoms with van der Waals surface area (Å²) in [4.78, 5) is 25.7. The first-order valence-corrected chi connectivity index (χ1v) is 8.61. The molecule has 1 aliphatic heterocycles. The number of nitrogens with two attached hydrogens (primary N) is 1. The topological polar surface area (TPSA) is 89.5 Å². The number of nitrogens with zero attached hydrogens (tertiary/aromatic N) is 2. The van der Waals surface area contributed by atoms with E-state index >= 15 is 0 Å². The first-order valence-electron chi connectivity index (χ1n) is 7.38. The highest BCUT2D eigenvalue weighted by Crippen LogP contribution is 2.38. The number of carbonyl (C=O) groups is 1. The number of hydrogen-bond donors (Lipinski definition) is 1. The molecule has 7 heteroatoms. The van der Waals surface area contributed by atoms with Crippen LogP contribution >= 0.6 is 11.8 Å². The summed E-state index contributed by atoms with van der Waals surface area (Å²) in [6.07, 6.45) is 3.89. The predicted octanol–water partition coefficient (Wildman–Crippen LogP) is 2.13. The van der Waals surface area contributed by atoms with Crippen molar-refractivity contribution in [2.45, 2.75) is 23.8 Å². The summed E-state index contributed by atoms with van der Waals surface area (Å²) >= 11 is 1.31. The maximum absolute atomic E-state index is 12.6. The number of nitro benzene ring substituents is 1. The van der Waals surface area contributed by atoms with Gasteiger partial charge in [-0.2, -0.15) is 0 Å². The van der Waals surface area contributed by atoms with Crippen LogP contribution in [0.25, 0.3) is 0 Å². The van der Waals surface area contributed by atoms with Crippen LogP contribution in [0, 0.1) is 22.0 Å². The van der Waals surface area contributed by atoms with Crippen LogP contribution in [0.4, 0.5) is 5.69 Å². The third-order valence-electron chi connectivity index (χ3n) is 4.82. The third-order valence-corrected chi connectivity index (χ3v) is 5.61. The van der Waals surface area contributed by atoms with Crippen molar-refractivity contribution in [3.8, 4) is 0 Å². The van der Waals surface area contributed by atoms with Gasteiger partial charge < -0.3 is 10.6 Å².